The van der Waals surface area contributed by atoms with Crippen molar-refractivity contribution in [2.24, 2.45) is 4.99 Å². The van der Waals surface area contributed by atoms with E-state index in [1.165, 1.54) is 4.90 Å². The van der Waals surface area contributed by atoms with Crippen molar-refractivity contribution in [3.8, 4) is 5.75 Å². The minimum atomic E-state index is -0.511. The molecule has 0 spiro atoms. The van der Waals surface area contributed by atoms with Gasteiger partial charge in [0.25, 0.3) is 0 Å². The molecular weight excluding hydrogens is 372 g/mol. The van der Waals surface area contributed by atoms with Crippen LogP contribution in [-0.4, -0.2) is 69.2 Å². The second-order valence-electron chi connectivity index (χ2n) is 7.74. The van der Waals surface area contributed by atoms with Gasteiger partial charge in [-0.05, 0) is 44.9 Å². The Bertz CT molecular complexity index is 679. The summed E-state index contributed by atoms with van der Waals surface area (Å²) >= 11 is 0. The van der Waals surface area contributed by atoms with Gasteiger partial charge in [-0.1, -0.05) is 12.1 Å². The number of hydrogen-bond donors (Lipinski definition) is 2. The van der Waals surface area contributed by atoms with Crippen LogP contribution in [0, 0.1) is 0 Å². The lowest BCUT2D eigenvalue weighted by Gasteiger charge is -2.20. The Morgan fingerprint density at radius 2 is 1.69 bits per heavy atom. The highest BCUT2D eigenvalue weighted by atomic mass is 16.6. The van der Waals surface area contributed by atoms with Crippen molar-refractivity contribution in [2.75, 3.05) is 40.8 Å². The number of benzene rings is 1. The van der Waals surface area contributed by atoms with E-state index in [-0.39, 0.29) is 24.8 Å². The van der Waals surface area contributed by atoms with Crippen LogP contribution in [0.5, 0.6) is 5.75 Å². The normalized spacial score (nSPS) is 11.6. The number of aliphatic imine (C=N–C) groups is 1. The third-order valence-corrected chi connectivity index (χ3v) is 3.78. The summed E-state index contributed by atoms with van der Waals surface area (Å²) in [5.74, 6) is 0.910. The van der Waals surface area contributed by atoms with E-state index in [4.69, 9.17) is 9.47 Å². The van der Waals surface area contributed by atoms with Gasteiger partial charge in [-0.25, -0.2) is 4.99 Å². The molecular formula is C21H34N4O4. The Hall–Kier alpha value is -2.77. The predicted octanol–water partition coefficient (Wildman–Crippen LogP) is 1.59. The third kappa shape index (κ3) is 11.0. The zero-order chi connectivity index (χ0) is 21.9. The minimum Gasteiger partial charge on any atom is -0.497 e. The molecule has 1 amide bonds. The Balaban J connectivity index is 2.56. The average molecular weight is 407 g/mol. The highest BCUT2D eigenvalue weighted by molar-refractivity contribution is 5.85. The molecule has 8 nitrogen and oxygen atoms in total. The van der Waals surface area contributed by atoms with Crippen LogP contribution in [0.1, 0.15) is 32.8 Å². The number of nitrogens with zero attached hydrogens (tertiary/aromatic N) is 2. The molecule has 0 saturated carbocycles. The van der Waals surface area contributed by atoms with Crippen molar-refractivity contribution in [1.29, 1.82) is 0 Å². The molecule has 0 atom stereocenters. The summed E-state index contributed by atoms with van der Waals surface area (Å²) < 4.78 is 10.5. The van der Waals surface area contributed by atoms with Gasteiger partial charge in [0.2, 0.25) is 5.91 Å². The zero-order valence-electron chi connectivity index (χ0n) is 18.4. The molecule has 0 heterocycles. The summed E-state index contributed by atoms with van der Waals surface area (Å²) in [6, 6.07) is 7.84. The highest BCUT2D eigenvalue weighted by Crippen LogP contribution is 2.11. The molecule has 0 fully saturated rings. The third-order valence-electron chi connectivity index (χ3n) is 3.78. The first-order valence-corrected chi connectivity index (χ1v) is 9.68. The Morgan fingerprint density at radius 1 is 1.07 bits per heavy atom. The standard InChI is InChI=1S/C21H34N4O4/c1-21(2,3)29-19(27)12-14-23-20(24-15-18(26)25(4)5)22-13-11-16-7-9-17(28-6)10-8-16/h7-10H,11-15H2,1-6H3,(H2,22,23,24). The fraction of sp³-hybridized carbons (Fsp3) is 0.571. The molecule has 0 aliphatic carbocycles. The number of nitrogens with one attached hydrogen (secondary N) is 2. The van der Waals surface area contributed by atoms with E-state index in [2.05, 4.69) is 15.6 Å². The van der Waals surface area contributed by atoms with E-state index in [9.17, 15) is 9.59 Å². The summed E-state index contributed by atoms with van der Waals surface area (Å²) in [6.45, 7) is 6.51. The lowest BCUT2D eigenvalue weighted by Crippen LogP contribution is -2.40. The molecule has 2 N–H and O–H groups in total. The number of carbonyl (C=O) groups excluding carboxylic acids is 2. The maximum atomic E-state index is 11.9. The molecule has 29 heavy (non-hydrogen) atoms. The molecule has 0 bridgehead atoms. The molecule has 162 valence electrons. The second-order valence-corrected chi connectivity index (χ2v) is 7.74. The first kappa shape index (κ1) is 24.3. The van der Waals surface area contributed by atoms with Crippen molar-refractivity contribution in [2.45, 2.75) is 39.2 Å². The summed E-state index contributed by atoms with van der Waals surface area (Å²) in [5, 5.41) is 6.28. The number of guanidine groups is 1. The number of carbonyl (C=O) groups is 2. The monoisotopic (exact) mass is 406 g/mol. The fourth-order valence-electron chi connectivity index (χ4n) is 2.26. The Kier molecular flexibility index (Phi) is 9.99. The summed E-state index contributed by atoms with van der Waals surface area (Å²) in [5.41, 5.74) is 0.638. The van der Waals surface area contributed by atoms with E-state index in [1.54, 1.807) is 21.2 Å². The van der Waals surface area contributed by atoms with Crippen molar-refractivity contribution in [1.82, 2.24) is 15.5 Å². The van der Waals surface area contributed by atoms with Crippen LogP contribution in [0.25, 0.3) is 0 Å². The lowest BCUT2D eigenvalue weighted by molar-refractivity contribution is -0.154. The Labute approximate surface area is 173 Å². The van der Waals surface area contributed by atoms with Gasteiger partial charge in [0.05, 0.1) is 13.5 Å². The van der Waals surface area contributed by atoms with Crippen molar-refractivity contribution >= 4 is 17.8 Å². The predicted molar refractivity (Wildman–Crippen MR) is 114 cm³/mol. The van der Waals surface area contributed by atoms with E-state index < -0.39 is 5.60 Å². The van der Waals surface area contributed by atoms with Crippen LogP contribution in [-0.2, 0) is 20.7 Å². The van der Waals surface area contributed by atoms with Gasteiger partial charge >= 0.3 is 5.97 Å². The maximum Gasteiger partial charge on any atom is 0.308 e. The summed E-state index contributed by atoms with van der Waals surface area (Å²) in [6.07, 6.45) is 0.983. The zero-order valence-corrected chi connectivity index (χ0v) is 18.4. The van der Waals surface area contributed by atoms with E-state index in [1.807, 2.05) is 45.0 Å². The van der Waals surface area contributed by atoms with Gasteiger partial charge in [-0.15, -0.1) is 0 Å². The molecule has 1 aromatic carbocycles. The number of hydrogen-bond acceptors (Lipinski definition) is 5. The summed E-state index contributed by atoms with van der Waals surface area (Å²) in [7, 11) is 5.01. The van der Waals surface area contributed by atoms with E-state index in [0.717, 1.165) is 17.7 Å². The molecule has 0 saturated heterocycles. The van der Waals surface area contributed by atoms with E-state index in [0.29, 0.717) is 19.0 Å². The van der Waals surface area contributed by atoms with Gasteiger partial charge in [0.1, 0.15) is 17.9 Å². The molecule has 0 unspecified atom stereocenters. The van der Waals surface area contributed by atoms with Crippen LogP contribution in [0.2, 0.25) is 0 Å². The molecule has 0 aromatic heterocycles. The van der Waals surface area contributed by atoms with Crippen LogP contribution in [0.15, 0.2) is 29.3 Å². The molecule has 1 aromatic rings. The number of methoxy groups -OCH3 is 1. The molecule has 1 rings (SSSR count). The van der Waals surface area contributed by atoms with Crippen molar-refractivity contribution < 1.29 is 19.1 Å². The SMILES string of the molecule is COc1ccc(CCNC(=NCC(=O)N(C)C)NCCC(=O)OC(C)(C)C)cc1. The van der Waals surface area contributed by atoms with Crippen LogP contribution in [0.3, 0.4) is 0 Å². The molecule has 0 aliphatic rings. The van der Waals surface area contributed by atoms with Crippen LogP contribution >= 0.6 is 0 Å². The van der Waals surface area contributed by atoms with Gasteiger partial charge in [-0.2, -0.15) is 0 Å². The van der Waals surface area contributed by atoms with Gasteiger partial charge in [0, 0.05) is 27.2 Å². The topological polar surface area (TPSA) is 92.3 Å². The minimum absolute atomic E-state index is 0.0251. The van der Waals surface area contributed by atoms with E-state index >= 15 is 0 Å². The van der Waals surface area contributed by atoms with Gasteiger partial charge in [-0.3, -0.25) is 9.59 Å². The van der Waals surface area contributed by atoms with Gasteiger partial charge < -0.3 is 25.0 Å². The number of esters is 1. The van der Waals surface area contributed by atoms with Crippen LogP contribution in [0.4, 0.5) is 0 Å². The molecule has 0 aliphatic heterocycles. The number of likely N-dealkylation sites (N-methyl/N-ethyl adjacent to an activating group) is 1. The first-order valence-electron chi connectivity index (χ1n) is 9.68. The number of ether oxygens (including phenoxy) is 2. The number of rotatable bonds is 9. The van der Waals surface area contributed by atoms with Gasteiger partial charge in [0.15, 0.2) is 5.96 Å². The average Bonchev–Trinajstić information content (AvgIpc) is 2.64. The number of amides is 1. The van der Waals surface area contributed by atoms with Crippen LogP contribution < -0.4 is 15.4 Å². The maximum absolute atomic E-state index is 11.9. The summed E-state index contributed by atoms with van der Waals surface area (Å²) in [4.78, 5) is 29.5. The lowest BCUT2D eigenvalue weighted by atomic mass is 10.1. The fourth-order valence-corrected chi connectivity index (χ4v) is 2.26. The smallest absolute Gasteiger partial charge is 0.308 e. The molecule has 0 radical (unpaired) electrons. The van der Waals surface area contributed by atoms with Crippen molar-refractivity contribution in [3.05, 3.63) is 29.8 Å². The second kappa shape index (κ2) is 11.9. The largest absolute Gasteiger partial charge is 0.497 e. The first-order chi connectivity index (χ1) is 13.6. The molecule has 8 heteroatoms. The highest BCUT2D eigenvalue weighted by Gasteiger charge is 2.16. The quantitative estimate of drug-likeness (QED) is 0.368. The van der Waals surface area contributed by atoms with Crippen molar-refractivity contribution in [3.63, 3.8) is 0 Å². The Morgan fingerprint density at radius 3 is 2.24 bits per heavy atom.